The second kappa shape index (κ2) is 5.40. The predicted octanol–water partition coefficient (Wildman–Crippen LogP) is 1.59. The van der Waals surface area contributed by atoms with Crippen molar-refractivity contribution in [2.45, 2.75) is 19.8 Å². The molecule has 1 fully saturated rings. The van der Waals surface area contributed by atoms with Gasteiger partial charge in [-0.15, -0.1) is 0 Å². The minimum atomic E-state index is -0.140. The first-order valence-corrected chi connectivity index (χ1v) is 6.32. The van der Waals surface area contributed by atoms with Crippen molar-refractivity contribution in [3.05, 3.63) is 29.8 Å². The molecule has 1 aromatic rings. The lowest BCUT2D eigenvalue weighted by molar-refractivity contribution is 0.0931. The molecule has 0 aromatic heterocycles. The van der Waals surface area contributed by atoms with E-state index in [0.29, 0.717) is 24.5 Å². The lowest BCUT2D eigenvalue weighted by Crippen LogP contribution is -2.32. The molecule has 98 valence electrons. The van der Waals surface area contributed by atoms with Gasteiger partial charge in [-0.25, -0.2) is 0 Å². The molecular weight excluding hydrogens is 230 g/mol. The van der Waals surface area contributed by atoms with Crippen molar-refractivity contribution < 1.29 is 14.6 Å². The number of benzene rings is 1. The summed E-state index contributed by atoms with van der Waals surface area (Å²) in [6.07, 6.45) is 1.97. The third kappa shape index (κ3) is 2.82. The third-order valence-electron chi connectivity index (χ3n) is 3.35. The van der Waals surface area contributed by atoms with Crippen molar-refractivity contribution >= 4 is 5.91 Å². The number of rotatable bonds is 6. The Bertz CT molecular complexity index is 427. The van der Waals surface area contributed by atoms with Gasteiger partial charge in [0, 0.05) is 12.0 Å². The largest absolute Gasteiger partial charge is 0.493 e. The summed E-state index contributed by atoms with van der Waals surface area (Å²) in [6.45, 7) is 3.09. The summed E-state index contributed by atoms with van der Waals surface area (Å²) in [5.41, 5.74) is 0.476. The highest BCUT2D eigenvalue weighted by atomic mass is 16.5. The highest BCUT2D eigenvalue weighted by Gasteiger charge is 2.42. The van der Waals surface area contributed by atoms with Gasteiger partial charge in [0.05, 0.1) is 18.8 Å². The molecule has 4 heteroatoms. The van der Waals surface area contributed by atoms with Crippen molar-refractivity contribution in [2.75, 3.05) is 19.8 Å². The van der Waals surface area contributed by atoms with Crippen LogP contribution in [0.2, 0.25) is 0 Å². The average Bonchev–Trinajstić information content (AvgIpc) is 3.18. The topological polar surface area (TPSA) is 58.6 Å². The van der Waals surface area contributed by atoms with Crippen LogP contribution in [-0.4, -0.2) is 30.8 Å². The fourth-order valence-corrected chi connectivity index (χ4v) is 1.87. The summed E-state index contributed by atoms with van der Waals surface area (Å²) in [4.78, 5) is 12.1. The smallest absolute Gasteiger partial charge is 0.255 e. The summed E-state index contributed by atoms with van der Waals surface area (Å²) in [5.74, 6) is 0.463. The molecule has 1 saturated carbocycles. The van der Waals surface area contributed by atoms with Crippen molar-refractivity contribution in [1.82, 2.24) is 5.32 Å². The van der Waals surface area contributed by atoms with Crippen molar-refractivity contribution in [2.24, 2.45) is 5.41 Å². The van der Waals surface area contributed by atoms with Crippen LogP contribution in [0, 0.1) is 5.41 Å². The van der Waals surface area contributed by atoms with Crippen LogP contribution >= 0.6 is 0 Å². The second-order valence-corrected chi connectivity index (χ2v) is 4.77. The number of carbonyl (C=O) groups excluding carboxylic acids is 1. The van der Waals surface area contributed by atoms with E-state index in [1.54, 1.807) is 12.1 Å². The molecule has 0 heterocycles. The summed E-state index contributed by atoms with van der Waals surface area (Å²) < 4.78 is 5.42. The number of hydrogen-bond acceptors (Lipinski definition) is 3. The molecule has 0 bridgehead atoms. The van der Waals surface area contributed by atoms with E-state index in [1.807, 2.05) is 19.1 Å². The van der Waals surface area contributed by atoms with Gasteiger partial charge in [-0.2, -0.15) is 0 Å². The Morgan fingerprint density at radius 2 is 2.17 bits per heavy atom. The van der Waals surface area contributed by atoms with Gasteiger partial charge in [-0.3, -0.25) is 4.79 Å². The Hall–Kier alpha value is -1.55. The van der Waals surface area contributed by atoms with E-state index < -0.39 is 0 Å². The van der Waals surface area contributed by atoms with Gasteiger partial charge in [0.25, 0.3) is 5.91 Å². The van der Waals surface area contributed by atoms with Crippen LogP contribution in [0.15, 0.2) is 24.3 Å². The van der Waals surface area contributed by atoms with Crippen LogP contribution in [0.5, 0.6) is 5.75 Å². The molecule has 1 aliphatic rings. The SMILES string of the molecule is CCOc1ccccc1C(=O)NCC1(CO)CC1. The number of aliphatic hydroxyl groups is 1. The highest BCUT2D eigenvalue weighted by Crippen LogP contribution is 2.44. The predicted molar refractivity (Wildman–Crippen MR) is 68.7 cm³/mol. The van der Waals surface area contributed by atoms with E-state index in [0.717, 1.165) is 12.8 Å². The van der Waals surface area contributed by atoms with Crippen molar-refractivity contribution in [1.29, 1.82) is 0 Å². The van der Waals surface area contributed by atoms with Crippen molar-refractivity contribution in [3.63, 3.8) is 0 Å². The number of amides is 1. The average molecular weight is 249 g/mol. The molecule has 0 radical (unpaired) electrons. The molecule has 0 unspecified atom stereocenters. The fourth-order valence-electron chi connectivity index (χ4n) is 1.87. The molecule has 2 rings (SSSR count). The van der Waals surface area contributed by atoms with E-state index in [1.165, 1.54) is 0 Å². The maximum atomic E-state index is 12.1. The molecule has 0 atom stereocenters. The summed E-state index contributed by atoms with van der Waals surface area (Å²) in [7, 11) is 0. The minimum Gasteiger partial charge on any atom is -0.493 e. The molecule has 1 amide bonds. The van der Waals surface area contributed by atoms with E-state index in [4.69, 9.17) is 4.74 Å². The second-order valence-electron chi connectivity index (χ2n) is 4.77. The zero-order valence-corrected chi connectivity index (χ0v) is 10.6. The van der Waals surface area contributed by atoms with Crippen LogP contribution in [0.1, 0.15) is 30.1 Å². The molecule has 0 aliphatic heterocycles. The quantitative estimate of drug-likeness (QED) is 0.805. The van der Waals surface area contributed by atoms with E-state index in [9.17, 15) is 9.90 Å². The first-order valence-electron chi connectivity index (χ1n) is 6.32. The van der Waals surface area contributed by atoms with E-state index >= 15 is 0 Å². The summed E-state index contributed by atoms with van der Waals surface area (Å²) in [5, 5.41) is 12.1. The molecule has 0 spiro atoms. The highest BCUT2D eigenvalue weighted by molar-refractivity contribution is 5.96. The fraction of sp³-hybridized carbons (Fsp3) is 0.500. The van der Waals surface area contributed by atoms with Crippen LogP contribution in [0.25, 0.3) is 0 Å². The minimum absolute atomic E-state index is 0.0732. The standard InChI is InChI=1S/C14H19NO3/c1-2-18-12-6-4-3-5-11(12)13(17)15-9-14(10-16)7-8-14/h3-6,16H,2,7-10H2,1H3,(H,15,17). The first-order chi connectivity index (χ1) is 8.71. The maximum absolute atomic E-state index is 12.1. The van der Waals surface area contributed by atoms with Gasteiger partial charge in [0.1, 0.15) is 5.75 Å². The first kappa shape index (κ1) is 12.9. The van der Waals surface area contributed by atoms with Gasteiger partial charge in [0.2, 0.25) is 0 Å². The molecular formula is C14H19NO3. The molecule has 2 N–H and O–H groups in total. The number of ether oxygens (including phenoxy) is 1. The summed E-state index contributed by atoms with van der Waals surface area (Å²) in [6, 6.07) is 7.20. The number of para-hydroxylation sites is 1. The number of nitrogens with one attached hydrogen (secondary N) is 1. The van der Waals surface area contributed by atoms with Gasteiger partial charge < -0.3 is 15.2 Å². The monoisotopic (exact) mass is 249 g/mol. The molecule has 18 heavy (non-hydrogen) atoms. The molecule has 1 aliphatic carbocycles. The third-order valence-corrected chi connectivity index (χ3v) is 3.35. The Balaban J connectivity index is 2.00. The van der Waals surface area contributed by atoms with Gasteiger partial charge in [0.15, 0.2) is 0 Å². The van der Waals surface area contributed by atoms with Gasteiger partial charge in [-0.05, 0) is 31.9 Å². The van der Waals surface area contributed by atoms with Crippen LogP contribution in [0.3, 0.4) is 0 Å². The van der Waals surface area contributed by atoms with Crippen LogP contribution in [-0.2, 0) is 0 Å². The van der Waals surface area contributed by atoms with Gasteiger partial charge in [-0.1, -0.05) is 12.1 Å². The Labute approximate surface area is 107 Å². The van der Waals surface area contributed by atoms with Gasteiger partial charge >= 0.3 is 0 Å². The maximum Gasteiger partial charge on any atom is 0.255 e. The number of aliphatic hydroxyl groups excluding tert-OH is 1. The molecule has 0 saturated heterocycles. The molecule has 1 aromatic carbocycles. The van der Waals surface area contributed by atoms with Crippen LogP contribution in [0.4, 0.5) is 0 Å². The van der Waals surface area contributed by atoms with Crippen LogP contribution < -0.4 is 10.1 Å². The van der Waals surface area contributed by atoms with E-state index in [2.05, 4.69) is 5.32 Å². The lowest BCUT2D eigenvalue weighted by atomic mass is 10.1. The van der Waals surface area contributed by atoms with Crippen molar-refractivity contribution in [3.8, 4) is 5.75 Å². The normalized spacial score (nSPS) is 16.1. The Morgan fingerprint density at radius 3 is 2.78 bits per heavy atom. The lowest BCUT2D eigenvalue weighted by Gasteiger charge is -2.14. The Kier molecular flexibility index (Phi) is 3.87. The zero-order valence-electron chi connectivity index (χ0n) is 10.6. The Morgan fingerprint density at radius 1 is 1.44 bits per heavy atom. The zero-order chi connectivity index (χ0) is 13.0. The summed E-state index contributed by atoms with van der Waals surface area (Å²) >= 11 is 0. The number of carbonyl (C=O) groups is 1. The molecule has 4 nitrogen and oxygen atoms in total. The number of hydrogen-bond donors (Lipinski definition) is 2. The van der Waals surface area contributed by atoms with E-state index in [-0.39, 0.29) is 17.9 Å².